The van der Waals surface area contributed by atoms with Crippen LogP contribution in [0.3, 0.4) is 0 Å². The van der Waals surface area contributed by atoms with Crippen molar-refractivity contribution in [3.63, 3.8) is 0 Å². The van der Waals surface area contributed by atoms with Crippen LogP contribution in [0.1, 0.15) is 21.7 Å². The fourth-order valence-electron chi connectivity index (χ4n) is 2.53. The number of rotatable bonds is 7. The normalized spacial score (nSPS) is 11.1. The molecule has 0 aliphatic heterocycles. The average molecular weight is 448 g/mol. The fraction of sp³-hybridized carbons (Fsp3) is 0.100. The van der Waals surface area contributed by atoms with E-state index in [2.05, 4.69) is 15.6 Å². The zero-order valence-electron chi connectivity index (χ0n) is 15.6. The van der Waals surface area contributed by atoms with Crippen LogP contribution in [0.4, 0.5) is 0 Å². The summed E-state index contributed by atoms with van der Waals surface area (Å²) in [6.07, 6.45) is 1.51. The number of hydrogen-bond donors (Lipinski definition) is 3. The van der Waals surface area contributed by atoms with Crippen molar-refractivity contribution in [1.82, 2.24) is 15.6 Å². The van der Waals surface area contributed by atoms with E-state index in [1.807, 2.05) is 6.07 Å². The second kappa shape index (κ2) is 9.57. The maximum Gasteiger partial charge on any atom is 0.269 e. The van der Waals surface area contributed by atoms with Crippen molar-refractivity contribution in [3.8, 4) is 0 Å². The van der Waals surface area contributed by atoms with Gasteiger partial charge in [-0.05, 0) is 35.9 Å². The van der Waals surface area contributed by atoms with E-state index in [0.29, 0.717) is 5.76 Å². The van der Waals surface area contributed by atoms with Gasteiger partial charge in [0.25, 0.3) is 5.91 Å². The van der Waals surface area contributed by atoms with E-state index < -0.39 is 21.8 Å². The highest BCUT2D eigenvalue weighted by atomic mass is 35.5. The van der Waals surface area contributed by atoms with E-state index in [-0.39, 0.29) is 28.4 Å². The molecule has 10 heteroatoms. The smallest absolute Gasteiger partial charge is 0.269 e. The number of halogens is 1. The molecule has 156 valence electrons. The van der Waals surface area contributed by atoms with Gasteiger partial charge in [0, 0.05) is 5.56 Å². The van der Waals surface area contributed by atoms with Crippen molar-refractivity contribution >= 4 is 33.4 Å². The van der Waals surface area contributed by atoms with E-state index in [9.17, 15) is 18.0 Å². The van der Waals surface area contributed by atoms with Gasteiger partial charge in [0.2, 0.25) is 15.9 Å². The van der Waals surface area contributed by atoms with Gasteiger partial charge in [-0.3, -0.25) is 20.4 Å². The largest absolute Gasteiger partial charge is 0.468 e. The molecule has 3 rings (SSSR count). The predicted octanol–water partition coefficient (Wildman–Crippen LogP) is 2.42. The van der Waals surface area contributed by atoms with Crippen molar-refractivity contribution in [2.45, 2.75) is 17.9 Å². The molecule has 0 aliphatic carbocycles. The third-order valence-electron chi connectivity index (χ3n) is 4.02. The minimum atomic E-state index is -4.00. The molecule has 0 radical (unpaired) electrons. The molecule has 0 atom stereocenters. The van der Waals surface area contributed by atoms with Crippen LogP contribution in [-0.2, 0) is 27.8 Å². The molecule has 0 bridgehead atoms. The maximum absolute atomic E-state index is 12.6. The molecule has 8 nitrogen and oxygen atoms in total. The van der Waals surface area contributed by atoms with E-state index >= 15 is 0 Å². The van der Waals surface area contributed by atoms with E-state index in [1.54, 1.807) is 36.4 Å². The van der Waals surface area contributed by atoms with E-state index in [1.165, 1.54) is 18.4 Å². The minimum absolute atomic E-state index is 0.0118. The quantitative estimate of drug-likeness (QED) is 0.481. The Morgan fingerprint density at radius 1 is 0.967 bits per heavy atom. The summed E-state index contributed by atoms with van der Waals surface area (Å²) in [4.78, 5) is 24.0. The summed E-state index contributed by atoms with van der Waals surface area (Å²) >= 11 is 6.02. The lowest BCUT2D eigenvalue weighted by Crippen LogP contribution is -2.42. The van der Waals surface area contributed by atoms with Crippen LogP contribution < -0.4 is 15.6 Å². The average Bonchev–Trinajstić information content (AvgIpc) is 3.25. The number of hydrazine groups is 1. The molecule has 3 N–H and O–H groups in total. The van der Waals surface area contributed by atoms with Gasteiger partial charge in [-0.2, -0.15) is 0 Å². The van der Waals surface area contributed by atoms with Gasteiger partial charge in [0.1, 0.15) is 10.7 Å². The second-order valence-electron chi connectivity index (χ2n) is 6.21. The Bertz CT molecular complexity index is 1130. The predicted molar refractivity (Wildman–Crippen MR) is 110 cm³/mol. The van der Waals surface area contributed by atoms with Gasteiger partial charge in [0.15, 0.2) is 0 Å². The Morgan fingerprint density at radius 2 is 1.73 bits per heavy atom. The first kappa shape index (κ1) is 21.6. The summed E-state index contributed by atoms with van der Waals surface area (Å²) in [5, 5.41) is -0.0494. The Hall–Kier alpha value is -3.14. The molecule has 0 unspecified atom stereocenters. The Kier molecular flexibility index (Phi) is 6.88. The van der Waals surface area contributed by atoms with Gasteiger partial charge in [0.05, 0.1) is 24.3 Å². The number of sulfonamides is 1. The van der Waals surface area contributed by atoms with Gasteiger partial charge >= 0.3 is 0 Å². The van der Waals surface area contributed by atoms with Crippen LogP contribution in [0.25, 0.3) is 0 Å². The zero-order chi connectivity index (χ0) is 21.6. The lowest BCUT2D eigenvalue weighted by atomic mass is 10.1. The fourth-order valence-corrected chi connectivity index (χ4v) is 4.05. The summed E-state index contributed by atoms with van der Waals surface area (Å²) in [5.41, 5.74) is 5.35. The SMILES string of the molecule is O=C(Cc1ccccc1)NNC(=O)c1ccc(Cl)c(S(=O)(=O)NCc2ccco2)c1. The molecular weight excluding hydrogens is 430 g/mol. The first-order valence-electron chi connectivity index (χ1n) is 8.80. The summed E-state index contributed by atoms with van der Waals surface area (Å²) in [5.74, 6) is -0.684. The highest BCUT2D eigenvalue weighted by Gasteiger charge is 2.20. The molecule has 1 heterocycles. The van der Waals surface area contributed by atoms with Crippen LogP contribution in [0.5, 0.6) is 0 Å². The van der Waals surface area contributed by atoms with Crippen LogP contribution >= 0.6 is 11.6 Å². The molecule has 0 aliphatic rings. The van der Waals surface area contributed by atoms with Crippen LogP contribution in [0, 0.1) is 0 Å². The molecular formula is C20H18ClN3O5S. The minimum Gasteiger partial charge on any atom is -0.468 e. The highest BCUT2D eigenvalue weighted by molar-refractivity contribution is 7.89. The van der Waals surface area contributed by atoms with Crippen LogP contribution in [0.2, 0.25) is 5.02 Å². The third-order valence-corrected chi connectivity index (χ3v) is 5.91. The maximum atomic E-state index is 12.6. The van der Waals surface area contributed by atoms with Gasteiger partial charge in [-0.25, -0.2) is 13.1 Å². The molecule has 1 aromatic heterocycles. The number of carbonyl (C=O) groups is 2. The molecule has 0 spiro atoms. The van der Waals surface area contributed by atoms with Crippen molar-refractivity contribution < 1.29 is 22.4 Å². The molecule has 2 aromatic carbocycles. The zero-order valence-corrected chi connectivity index (χ0v) is 17.2. The third kappa shape index (κ3) is 5.69. The Balaban J connectivity index is 1.64. The monoisotopic (exact) mass is 447 g/mol. The van der Waals surface area contributed by atoms with Crippen molar-refractivity contribution in [2.75, 3.05) is 0 Å². The van der Waals surface area contributed by atoms with Gasteiger partial charge < -0.3 is 4.42 Å². The van der Waals surface area contributed by atoms with Crippen molar-refractivity contribution in [1.29, 1.82) is 0 Å². The van der Waals surface area contributed by atoms with Crippen molar-refractivity contribution in [3.05, 3.63) is 88.8 Å². The number of nitrogens with one attached hydrogen (secondary N) is 3. The molecule has 0 saturated heterocycles. The highest BCUT2D eigenvalue weighted by Crippen LogP contribution is 2.23. The standard InChI is InChI=1S/C20H18ClN3O5S/c21-17-9-8-15(12-18(17)30(27,28)22-13-16-7-4-10-29-16)20(26)24-23-19(25)11-14-5-2-1-3-6-14/h1-10,12,22H,11,13H2,(H,23,25)(H,24,26). The summed E-state index contributed by atoms with van der Waals surface area (Å²) in [6.45, 7) is -0.0718. The van der Waals surface area contributed by atoms with E-state index in [0.717, 1.165) is 11.6 Å². The van der Waals surface area contributed by atoms with Crippen LogP contribution in [0.15, 0.2) is 76.2 Å². The lowest BCUT2D eigenvalue weighted by Gasteiger charge is -2.11. The summed E-state index contributed by atoms with van der Waals surface area (Å²) in [6, 6.07) is 16.0. The van der Waals surface area contributed by atoms with Crippen molar-refractivity contribution in [2.24, 2.45) is 0 Å². The summed E-state index contributed by atoms with van der Waals surface area (Å²) < 4.78 is 32.6. The Labute approximate surface area is 178 Å². The first-order valence-corrected chi connectivity index (χ1v) is 10.7. The second-order valence-corrected chi connectivity index (χ2v) is 8.36. The number of hydrogen-bond acceptors (Lipinski definition) is 5. The first-order chi connectivity index (χ1) is 14.3. The molecule has 3 aromatic rings. The molecule has 0 saturated carbocycles. The topological polar surface area (TPSA) is 118 Å². The van der Waals surface area contributed by atoms with Gasteiger partial charge in [-0.1, -0.05) is 41.9 Å². The molecule has 0 fully saturated rings. The Morgan fingerprint density at radius 3 is 2.43 bits per heavy atom. The van der Waals surface area contributed by atoms with Gasteiger partial charge in [-0.15, -0.1) is 0 Å². The number of furan rings is 1. The lowest BCUT2D eigenvalue weighted by molar-refractivity contribution is -0.121. The number of benzene rings is 2. The van der Waals surface area contributed by atoms with E-state index in [4.69, 9.17) is 16.0 Å². The number of carbonyl (C=O) groups excluding carboxylic acids is 2. The molecule has 30 heavy (non-hydrogen) atoms. The number of amides is 2. The summed E-state index contributed by atoms with van der Waals surface area (Å²) in [7, 11) is -4.00. The van der Waals surface area contributed by atoms with Crippen LogP contribution in [-0.4, -0.2) is 20.2 Å². The molecule has 2 amide bonds.